The molecule has 0 fully saturated rings. The van der Waals surface area contributed by atoms with E-state index in [-0.39, 0.29) is 24.5 Å². The predicted octanol–water partition coefficient (Wildman–Crippen LogP) is 1.99. The molecule has 0 spiro atoms. The number of carbonyl (C=O) groups excluding carboxylic acids is 1. The second-order valence-corrected chi connectivity index (χ2v) is 5.22. The molecule has 0 aliphatic rings. The second kappa shape index (κ2) is 5.45. The van der Waals surface area contributed by atoms with Crippen molar-refractivity contribution < 1.29 is 9.90 Å². The topological polar surface area (TPSA) is 53.7 Å². The summed E-state index contributed by atoms with van der Waals surface area (Å²) in [6.45, 7) is 5.92. The van der Waals surface area contributed by atoms with Crippen molar-refractivity contribution in [2.45, 2.75) is 26.8 Å². The summed E-state index contributed by atoms with van der Waals surface area (Å²) >= 11 is 0. The number of hydrogen-bond donors (Lipinski definition) is 2. The summed E-state index contributed by atoms with van der Waals surface area (Å²) in [7, 11) is 0. The van der Waals surface area contributed by atoms with Gasteiger partial charge in [-0.3, -0.25) is 4.79 Å². The molecule has 4 nitrogen and oxygen atoms in total. The molecule has 2 N–H and O–H groups in total. The quantitative estimate of drug-likeness (QED) is 0.883. The molecule has 0 radical (unpaired) electrons. The van der Waals surface area contributed by atoms with Gasteiger partial charge in [0.25, 0.3) is 5.91 Å². The zero-order valence-electron chi connectivity index (χ0n) is 11.6. The van der Waals surface area contributed by atoms with Crippen LogP contribution in [0.25, 0.3) is 5.52 Å². The SMILES string of the molecule is Cc1cccn2cc(C(=O)N[C@H](CO)C(C)C)cc12. The van der Waals surface area contributed by atoms with E-state index in [0.717, 1.165) is 11.1 Å². The molecule has 2 heterocycles. The van der Waals surface area contributed by atoms with Gasteiger partial charge in [0.15, 0.2) is 0 Å². The van der Waals surface area contributed by atoms with Crippen LogP contribution in [0.4, 0.5) is 0 Å². The highest BCUT2D eigenvalue weighted by atomic mass is 16.3. The van der Waals surface area contributed by atoms with Gasteiger partial charge in [-0.2, -0.15) is 0 Å². The van der Waals surface area contributed by atoms with Gasteiger partial charge in [-0.25, -0.2) is 0 Å². The number of pyridine rings is 1. The van der Waals surface area contributed by atoms with E-state index in [2.05, 4.69) is 5.32 Å². The molecule has 1 atom stereocenters. The van der Waals surface area contributed by atoms with Gasteiger partial charge in [0.1, 0.15) is 0 Å². The van der Waals surface area contributed by atoms with E-state index in [1.54, 1.807) is 0 Å². The highest BCUT2D eigenvalue weighted by Crippen LogP contribution is 2.14. The number of aliphatic hydroxyl groups is 1. The van der Waals surface area contributed by atoms with Crippen LogP contribution in [0.3, 0.4) is 0 Å². The van der Waals surface area contributed by atoms with Gasteiger partial charge in [0.2, 0.25) is 0 Å². The fourth-order valence-electron chi connectivity index (χ4n) is 2.08. The average molecular weight is 260 g/mol. The molecule has 102 valence electrons. The van der Waals surface area contributed by atoms with E-state index in [4.69, 9.17) is 0 Å². The molecular formula is C15H20N2O2. The van der Waals surface area contributed by atoms with E-state index in [1.165, 1.54) is 0 Å². The molecule has 19 heavy (non-hydrogen) atoms. The standard InChI is InChI=1S/C15H20N2O2/c1-10(2)13(9-18)16-15(19)12-7-14-11(3)5-4-6-17(14)8-12/h4-8,10,13,18H,9H2,1-3H3,(H,16,19)/t13-/m1/s1. The normalized spacial score (nSPS) is 12.9. The molecule has 2 aromatic rings. The molecule has 2 aromatic heterocycles. The number of nitrogens with one attached hydrogen (secondary N) is 1. The van der Waals surface area contributed by atoms with Crippen molar-refractivity contribution in [1.82, 2.24) is 9.72 Å². The smallest absolute Gasteiger partial charge is 0.253 e. The Morgan fingerprint density at radius 3 is 2.79 bits per heavy atom. The summed E-state index contributed by atoms with van der Waals surface area (Å²) in [5, 5.41) is 12.1. The second-order valence-electron chi connectivity index (χ2n) is 5.22. The highest BCUT2D eigenvalue weighted by Gasteiger charge is 2.17. The third-order valence-electron chi connectivity index (χ3n) is 3.43. The fraction of sp³-hybridized carbons (Fsp3) is 0.400. The van der Waals surface area contributed by atoms with E-state index in [9.17, 15) is 9.90 Å². The van der Waals surface area contributed by atoms with Gasteiger partial charge < -0.3 is 14.8 Å². The lowest BCUT2D eigenvalue weighted by Gasteiger charge is -2.19. The Hall–Kier alpha value is -1.81. The van der Waals surface area contributed by atoms with Gasteiger partial charge in [0.05, 0.1) is 18.2 Å². The minimum absolute atomic E-state index is 0.0458. The number of aliphatic hydroxyl groups excluding tert-OH is 1. The number of amides is 1. The molecule has 0 aliphatic carbocycles. The summed E-state index contributed by atoms with van der Waals surface area (Å²) < 4.78 is 1.94. The largest absolute Gasteiger partial charge is 0.394 e. The number of carbonyl (C=O) groups is 1. The number of nitrogens with zero attached hydrogens (tertiary/aromatic N) is 1. The van der Waals surface area contributed by atoms with Crippen LogP contribution < -0.4 is 5.32 Å². The Morgan fingerprint density at radius 1 is 1.47 bits per heavy atom. The van der Waals surface area contributed by atoms with Gasteiger partial charge in [0, 0.05) is 17.9 Å². The van der Waals surface area contributed by atoms with Crippen molar-refractivity contribution >= 4 is 11.4 Å². The summed E-state index contributed by atoms with van der Waals surface area (Å²) in [6.07, 6.45) is 3.73. The minimum Gasteiger partial charge on any atom is -0.394 e. The summed E-state index contributed by atoms with van der Waals surface area (Å²) in [6, 6.07) is 5.63. The molecule has 2 rings (SSSR count). The summed E-state index contributed by atoms with van der Waals surface area (Å²) in [4.78, 5) is 12.2. The van der Waals surface area contributed by atoms with Crippen molar-refractivity contribution in [2.24, 2.45) is 5.92 Å². The molecule has 0 saturated heterocycles. The van der Waals surface area contributed by atoms with Crippen molar-refractivity contribution in [2.75, 3.05) is 6.61 Å². The Balaban J connectivity index is 2.24. The molecule has 0 bridgehead atoms. The average Bonchev–Trinajstić information content (AvgIpc) is 2.80. The van der Waals surface area contributed by atoms with Crippen molar-refractivity contribution in [3.8, 4) is 0 Å². The predicted molar refractivity (Wildman–Crippen MR) is 75.3 cm³/mol. The summed E-state index contributed by atoms with van der Waals surface area (Å²) in [5.74, 6) is 0.0589. The van der Waals surface area contributed by atoms with E-state index < -0.39 is 0 Å². The van der Waals surface area contributed by atoms with Gasteiger partial charge in [-0.1, -0.05) is 19.9 Å². The van der Waals surface area contributed by atoms with Crippen molar-refractivity contribution in [3.63, 3.8) is 0 Å². The van der Waals surface area contributed by atoms with Crippen LogP contribution in [0.15, 0.2) is 30.6 Å². The first-order valence-electron chi connectivity index (χ1n) is 6.52. The Morgan fingerprint density at radius 2 is 2.21 bits per heavy atom. The molecule has 4 heteroatoms. The zero-order valence-corrected chi connectivity index (χ0v) is 11.6. The van der Waals surface area contributed by atoms with Crippen LogP contribution in [0.2, 0.25) is 0 Å². The molecule has 0 aliphatic heterocycles. The zero-order chi connectivity index (χ0) is 14.0. The first-order valence-corrected chi connectivity index (χ1v) is 6.52. The maximum absolute atomic E-state index is 12.2. The van der Waals surface area contributed by atoms with Crippen LogP contribution in [0, 0.1) is 12.8 Å². The number of hydrogen-bond acceptors (Lipinski definition) is 2. The van der Waals surface area contributed by atoms with Gasteiger partial charge in [-0.15, -0.1) is 0 Å². The van der Waals surface area contributed by atoms with Crippen LogP contribution in [0.5, 0.6) is 0 Å². The van der Waals surface area contributed by atoms with Gasteiger partial charge >= 0.3 is 0 Å². The lowest BCUT2D eigenvalue weighted by Crippen LogP contribution is -2.41. The Bertz CT molecular complexity index is 587. The van der Waals surface area contributed by atoms with E-state index >= 15 is 0 Å². The van der Waals surface area contributed by atoms with Crippen LogP contribution in [-0.4, -0.2) is 28.1 Å². The molecule has 0 aromatic carbocycles. The van der Waals surface area contributed by atoms with Crippen molar-refractivity contribution in [3.05, 3.63) is 41.7 Å². The lowest BCUT2D eigenvalue weighted by molar-refractivity contribution is 0.0897. The number of aryl methyl sites for hydroxylation is 1. The number of fused-ring (bicyclic) bond motifs is 1. The number of aromatic nitrogens is 1. The third-order valence-corrected chi connectivity index (χ3v) is 3.43. The molecular weight excluding hydrogens is 240 g/mol. The maximum Gasteiger partial charge on any atom is 0.253 e. The van der Waals surface area contributed by atoms with Crippen LogP contribution in [-0.2, 0) is 0 Å². The first kappa shape index (κ1) is 13.6. The van der Waals surface area contributed by atoms with Crippen LogP contribution >= 0.6 is 0 Å². The van der Waals surface area contributed by atoms with E-state index in [0.29, 0.717) is 5.56 Å². The monoisotopic (exact) mass is 260 g/mol. The van der Waals surface area contributed by atoms with Crippen molar-refractivity contribution in [1.29, 1.82) is 0 Å². The lowest BCUT2D eigenvalue weighted by atomic mass is 10.1. The summed E-state index contributed by atoms with van der Waals surface area (Å²) in [5.41, 5.74) is 2.77. The molecule has 0 unspecified atom stereocenters. The van der Waals surface area contributed by atoms with Crippen LogP contribution in [0.1, 0.15) is 29.8 Å². The van der Waals surface area contributed by atoms with Gasteiger partial charge in [-0.05, 0) is 30.5 Å². The Labute approximate surface area is 113 Å². The molecule has 1 amide bonds. The molecule has 0 saturated carbocycles. The maximum atomic E-state index is 12.2. The first-order chi connectivity index (χ1) is 9.02. The highest BCUT2D eigenvalue weighted by molar-refractivity contribution is 5.96. The van der Waals surface area contributed by atoms with E-state index in [1.807, 2.05) is 55.8 Å². The third kappa shape index (κ3) is 2.79. The fourth-order valence-corrected chi connectivity index (χ4v) is 2.08. The Kier molecular flexibility index (Phi) is 3.90. The number of rotatable bonds is 4. The minimum atomic E-state index is -0.211.